The quantitative estimate of drug-likeness (QED) is 0.656. The maximum absolute atomic E-state index is 13.3. The normalized spacial score (nSPS) is 12.8. The average Bonchev–Trinajstić information content (AvgIpc) is 2.20. The van der Waals surface area contributed by atoms with Crippen LogP contribution in [0.5, 0.6) is 0 Å². The number of hydrogen-bond donors (Lipinski definition) is 0. The second-order valence-corrected chi connectivity index (χ2v) is 4.71. The second-order valence-electron chi connectivity index (χ2n) is 3.66. The molecule has 0 aliphatic carbocycles. The molecule has 0 saturated heterocycles. The molecule has 0 spiro atoms. The van der Waals surface area contributed by atoms with Crippen molar-refractivity contribution in [3.8, 4) is 0 Å². The van der Waals surface area contributed by atoms with Crippen molar-refractivity contribution in [3.63, 3.8) is 0 Å². The van der Waals surface area contributed by atoms with Crippen LogP contribution in [0.2, 0.25) is 5.02 Å². The van der Waals surface area contributed by atoms with E-state index in [1.165, 1.54) is 6.07 Å². The first-order valence-corrected chi connectivity index (χ1v) is 6.03. The zero-order valence-electron chi connectivity index (χ0n) is 8.77. The van der Waals surface area contributed by atoms with Gasteiger partial charge in [-0.05, 0) is 43.0 Å². The smallest absolute Gasteiger partial charge is 0.126 e. The van der Waals surface area contributed by atoms with Crippen LogP contribution in [0.3, 0.4) is 0 Å². The monoisotopic (exact) mass is 248 g/mol. The number of alkyl halides is 1. The minimum Gasteiger partial charge on any atom is -0.207 e. The van der Waals surface area contributed by atoms with Crippen molar-refractivity contribution in [3.05, 3.63) is 34.6 Å². The van der Waals surface area contributed by atoms with Crippen molar-refractivity contribution < 1.29 is 4.39 Å². The lowest BCUT2D eigenvalue weighted by molar-refractivity contribution is 0.596. The third-order valence-electron chi connectivity index (χ3n) is 2.34. The molecule has 0 bridgehead atoms. The molecule has 1 aromatic rings. The van der Waals surface area contributed by atoms with E-state index in [0.717, 1.165) is 19.3 Å². The fourth-order valence-electron chi connectivity index (χ4n) is 1.50. The van der Waals surface area contributed by atoms with Crippen molar-refractivity contribution in [2.75, 3.05) is 0 Å². The van der Waals surface area contributed by atoms with E-state index in [0.29, 0.717) is 17.0 Å². The van der Waals surface area contributed by atoms with E-state index in [2.05, 4.69) is 6.92 Å². The van der Waals surface area contributed by atoms with Gasteiger partial charge in [0, 0.05) is 10.4 Å². The van der Waals surface area contributed by atoms with Gasteiger partial charge in [-0.3, -0.25) is 0 Å². The molecule has 0 radical (unpaired) electrons. The van der Waals surface area contributed by atoms with Crippen LogP contribution in [-0.4, -0.2) is 5.38 Å². The highest BCUT2D eigenvalue weighted by Crippen LogP contribution is 2.19. The Bertz CT molecular complexity index is 312. The molecule has 1 unspecified atom stereocenters. The van der Waals surface area contributed by atoms with Gasteiger partial charge in [0.15, 0.2) is 0 Å². The van der Waals surface area contributed by atoms with Crippen molar-refractivity contribution in [1.82, 2.24) is 0 Å². The fraction of sp³-hybridized carbons (Fsp3) is 0.500. The Morgan fingerprint density at radius 2 is 2.07 bits per heavy atom. The molecule has 0 aliphatic rings. The number of rotatable bonds is 5. The molecule has 0 saturated carbocycles. The summed E-state index contributed by atoms with van der Waals surface area (Å²) in [5.74, 6) is -0.195. The van der Waals surface area contributed by atoms with Gasteiger partial charge in [-0.2, -0.15) is 0 Å². The lowest BCUT2D eigenvalue weighted by Crippen LogP contribution is -2.01. The molecule has 15 heavy (non-hydrogen) atoms. The molecule has 0 fully saturated rings. The van der Waals surface area contributed by atoms with Crippen LogP contribution in [0, 0.1) is 5.82 Å². The Morgan fingerprint density at radius 1 is 1.33 bits per heavy atom. The SMILES string of the molecule is CCCC(Cl)CCc1cc(Cl)ccc1F. The van der Waals surface area contributed by atoms with E-state index < -0.39 is 0 Å². The number of hydrogen-bond acceptors (Lipinski definition) is 0. The molecule has 0 heterocycles. The number of aryl methyl sites for hydroxylation is 1. The van der Waals surface area contributed by atoms with E-state index in [9.17, 15) is 4.39 Å². The summed E-state index contributed by atoms with van der Waals surface area (Å²) in [5, 5.41) is 0.710. The summed E-state index contributed by atoms with van der Waals surface area (Å²) in [5.41, 5.74) is 0.657. The Hall–Kier alpha value is -0.270. The van der Waals surface area contributed by atoms with Gasteiger partial charge in [0.25, 0.3) is 0 Å². The summed E-state index contributed by atoms with van der Waals surface area (Å²) in [6.45, 7) is 2.09. The lowest BCUT2D eigenvalue weighted by Gasteiger charge is -2.08. The molecule has 0 amide bonds. The van der Waals surface area contributed by atoms with Gasteiger partial charge in [0.1, 0.15) is 5.82 Å². The summed E-state index contributed by atoms with van der Waals surface area (Å²) < 4.78 is 13.3. The molecule has 84 valence electrons. The summed E-state index contributed by atoms with van der Waals surface area (Å²) in [4.78, 5) is 0. The van der Waals surface area contributed by atoms with Crippen LogP contribution in [0.25, 0.3) is 0 Å². The van der Waals surface area contributed by atoms with Gasteiger partial charge in [-0.25, -0.2) is 4.39 Å². The first kappa shape index (κ1) is 12.8. The van der Waals surface area contributed by atoms with E-state index in [1.54, 1.807) is 12.1 Å². The third kappa shape index (κ3) is 4.40. The highest BCUT2D eigenvalue weighted by molar-refractivity contribution is 6.30. The molecular weight excluding hydrogens is 234 g/mol. The summed E-state index contributed by atoms with van der Waals surface area (Å²) in [6.07, 6.45) is 3.49. The molecule has 0 nitrogen and oxygen atoms in total. The maximum atomic E-state index is 13.3. The van der Waals surface area contributed by atoms with Gasteiger partial charge in [-0.1, -0.05) is 24.9 Å². The summed E-state index contributed by atoms with van der Waals surface area (Å²) in [6, 6.07) is 4.64. The zero-order chi connectivity index (χ0) is 11.3. The Morgan fingerprint density at radius 3 is 2.73 bits per heavy atom. The Labute approximate surface area is 100 Å². The molecular formula is C12H15Cl2F. The van der Waals surface area contributed by atoms with E-state index in [-0.39, 0.29) is 11.2 Å². The summed E-state index contributed by atoms with van der Waals surface area (Å²) >= 11 is 11.9. The van der Waals surface area contributed by atoms with Crippen LogP contribution in [0.4, 0.5) is 4.39 Å². The average molecular weight is 249 g/mol. The van der Waals surface area contributed by atoms with Gasteiger partial charge in [0.2, 0.25) is 0 Å². The Kier molecular flexibility index (Phi) is 5.41. The molecule has 0 aromatic heterocycles. The fourth-order valence-corrected chi connectivity index (χ4v) is 2.03. The maximum Gasteiger partial charge on any atom is 0.126 e. The van der Waals surface area contributed by atoms with Crippen LogP contribution < -0.4 is 0 Å². The van der Waals surface area contributed by atoms with Crippen LogP contribution >= 0.6 is 23.2 Å². The van der Waals surface area contributed by atoms with Crippen LogP contribution in [-0.2, 0) is 6.42 Å². The minimum absolute atomic E-state index is 0.133. The molecule has 1 aromatic carbocycles. The molecule has 0 N–H and O–H groups in total. The largest absolute Gasteiger partial charge is 0.207 e. The van der Waals surface area contributed by atoms with Gasteiger partial charge >= 0.3 is 0 Å². The van der Waals surface area contributed by atoms with Crippen molar-refractivity contribution in [2.24, 2.45) is 0 Å². The predicted octanol–water partition coefficient (Wildman–Crippen LogP) is 4.82. The lowest BCUT2D eigenvalue weighted by atomic mass is 10.1. The molecule has 0 aliphatic heterocycles. The highest BCUT2D eigenvalue weighted by atomic mass is 35.5. The van der Waals surface area contributed by atoms with Gasteiger partial charge < -0.3 is 0 Å². The standard InChI is InChI=1S/C12H15Cl2F/c1-2-3-10(13)5-4-9-8-11(14)6-7-12(9)15/h6-8,10H,2-5H2,1H3. The minimum atomic E-state index is -0.195. The summed E-state index contributed by atoms with van der Waals surface area (Å²) in [7, 11) is 0. The molecule has 1 rings (SSSR count). The number of benzene rings is 1. The second kappa shape index (κ2) is 6.34. The van der Waals surface area contributed by atoms with E-state index >= 15 is 0 Å². The van der Waals surface area contributed by atoms with Crippen LogP contribution in [0.1, 0.15) is 31.7 Å². The Balaban J connectivity index is 2.53. The van der Waals surface area contributed by atoms with Crippen molar-refractivity contribution in [2.45, 2.75) is 38.0 Å². The molecule has 3 heteroatoms. The third-order valence-corrected chi connectivity index (χ3v) is 3.01. The first-order valence-electron chi connectivity index (χ1n) is 5.21. The van der Waals surface area contributed by atoms with Gasteiger partial charge in [-0.15, -0.1) is 11.6 Å². The number of halogens is 3. The van der Waals surface area contributed by atoms with E-state index in [1.807, 2.05) is 0 Å². The van der Waals surface area contributed by atoms with Gasteiger partial charge in [0.05, 0.1) is 0 Å². The zero-order valence-corrected chi connectivity index (χ0v) is 10.3. The molecule has 1 atom stereocenters. The van der Waals surface area contributed by atoms with Crippen LogP contribution in [0.15, 0.2) is 18.2 Å². The highest BCUT2D eigenvalue weighted by Gasteiger charge is 2.07. The van der Waals surface area contributed by atoms with Crippen molar-refractivity contribution >= 4 is 23.2 Å². The first-order chi connectivity index (χ1) is 7.13. The topological polar surface area (TPSA) is 0 Å². The van der Waals surface area contributed by atoms with E-state index in [4.69, 9.17) is 23.2 Å². The van der Waals surface area contributed by atoms with Crippen molar-refractivity contribution in [1.29, 1.82) is 0 Å². The predicted molar refractivity (Wildman–Crippen MR) is 64.3 cm³/mol.